The van der Waals surface area contributed by atoms with Crippen molar-refractivity contribution < 1.29 is 14.1 Å². The smallest absolute Gasteiger partial charge is 0.242 e. The number of carbonyl (C=O) groups excluding carboxylic acids is 1. The Hall–Kier alpha value is -3.29. The quantitative estimate of drug-likeness (QED) is 0.707. The number of methoxy groups -OCH3 is 1. The van der Waals surface area contributed by atoms with Crippen molar-refractivity contribution in [3.8, 4) is 17.1 Å². The average Bonchev–Trinajstić information content (AvgIpc) is 3.20. The molecule has 130 valence electrons. The van der Waals surface area contributed by atoms with Crippen LogP contribution in [0.1, 0.15) is 11.4 Å². The number of hydrogen-bond donors (Lipinski definition) is 2. The first kappa shape index (κ1) is 16.6. The van der Waals surface area contributed by atoms with Crippen LogP contribution in [0, 0.1) is 6.92 Å². The molecule has 0 fully saturated rings. The standard InChI is InChI=1S/C17H19N5O3/c1-11-7-16(18)22(20-11)10-17(23)19-9-13-8-15(25-21-13)12-3-5-14(24-2)6-4-12/h3-8H,9-10,18H2,1-2H3,(H,19,23). The van der Waals surface area contributed by atoms with Crippen molar-refractivity contribution in [3.05, 3.63) is 47.8 Å². The number of ether oxygens (including phenoxy) is 1. The third kappa shape index (κ3) is 3.97. The zero-order chi connectivity index (χ0) is 17.8. The van der Waals surface area contributed by atoms with Crippen molar-refractivity contribution in [1.29, 1.82) is 0 Å². The molecule has 0 atom stereocenters. The van der Waals surface area contributed by atoms with Gasteiger partial charge in [-0.05, 0) is 31.2 Å². The van der Waals surface area contributed by atoms with E-state index in [4.69, 9.17) is 15.0 Å². The molecular weight excluding hydrogens is 322 g/mol. The molecule has 0 aliphatic rings. The molecule has 0 aliphatic heterocycles. The van der Waals surface area contributed by atoms with Crippen LogP contribution >= 0.6 is 0 Å². The number of anilines is 1. The van der Waals surface area contributed by atoms with E-state index in [9.17, 15) is 4.79 Å². The molecule has 1 aromatic carbocycles. The largest absolute Gasteiger partial charge is 0.497 e. The Morgan fingerprint density at radius 1 is 1.32 bits per heavy atom. The van der Waals surface area contributed by atoms with Gasteiger partial charge in [0.05, 0.1) is 19.3 Å². The molecule has 3 rings (SSSR count). The van der Waals surface area contributed by atoms with Gasteiger partial charge in [0, 0.05) is 17.7 Å². The Morgan fingerprint density at radius 2 is 2.08 bits per heavy atom. The zero-order valence-corrected chi connectivity index (χ0v) is 14.0. The van der Waals surface area contributed by atoms with E-state index in [1.807, 2.05) is 31.2 Å². The molecule has 0 spiro atoms. The van der Waals surface area contributed by atoms with Crippen LogP contribution in [0.3, 0.4) is 0 Å². The second-order valence-electron chi connectivity index (χ2n) is 5.56. The van der Waals surface area contributed by atoms with E-state index < -0.39 is 0 Å². The predicted octanol–water partition coefficient (Wildman–Crippen LogP) is 1.75. The van der Waals surface area contributed by atoms with Gasteiger partial charge in [-0.1, -0.05) is 5.16 Å². The highest BCUT2D eigenvalue weighted by Crippen LogP contribution is 2.23. The van der Waals surface area contributed by atoms with Crippen molar-refractivity contribution in [2.45, 2.75) is 20.0 Å². The minimum Gasteiger partial charge on any atom is -0.497 e. The summed E-state index contributed by atoms with van der Waals surface area (Å²) in [5, 5.41) is 10.9. The van der Waals surface area contributed by atoms with Crippen molar-refractivity contribution >= 4 is 11.7 Å². The van der Waals surface area contributed by atoms with Gasteiger partial charge < -0.3 is 20.3 Å². The molecule has 0 unspecified atom stereocenters. The maximum Gasteiger partial charge on any atom is 0.242 e. The molecule has 2 aromatic heterocycles. The number of carbonyl (C=O) groups is 1. The summed E-state index contributed by atoms with van der Waals surface area (Å²) in [6.07, 6.45) is 0. The van der Waals surface area contributed by atoms with Crippen LogP contribution in [0.15, 0.2) is 40.9 Å². The summed E-state index contributed by atoms with van der Waals surface area (Å²) >= 11 is 0. The Bertz CT molecular complexity index is 867. The van der Waals surface area contributed by atoms with E-state index in [2.05, 4.69) is 15.6 Å². The molecular formula is C17H19N5O3. The van der Waals surface area contributed by atoms with Gasteiger partial charge in [0.2, 0.25) is 5.91 Å². The molecule has 1 amide bonds. The monoisotopic (exact) mass is 341 g/mol. The minimum atomic E-state index is -0.205. The number of aryl methyl sites for hydroxylation is 1. The van der Waals surface area contributed by atoms with Gasteiger partial charge in [0.1, 0.15) is 23.8 Å². The van der Waals surface area contributed by atoms with Gasteiger partial charge >= 0.3 is 0 Å². The molecule has 2 heterocycles. The molecule has 0 aliphatic carbocycles. The molecule has 8 nitrogen and oxygen atoms in total. The van der Waals surface area contributed by atoms with Gasteiger partial charge in [0.15, 0.2) is 5.76 Å². The second kappa shape index (κ2) is 7.08. The zero-order valence-electron chi connectivity index (χ0n) is 14.0. The fourth-order valence-corrected chi connectivity index (χ4v) is 2.36. The summed E-state index contributed by atoms with van der Waals surface area (Å²) in [6, 6.07) is 10.9. The fraction of sp³-hybridized carbons (Fsp3) is 0.235. The molecule has 0 radical (unpaired) electrons. The molecule has 0 saturated carbocycles. The number of hydrogen-bond acceptors (Lipinski definition) is 6. The van der Waals surface area contributed by atoms with E-state index in [1.165, 1.54) is 4.68 Å². The number of nitrogens with two attached hydrogens (primary N) is 1. The number of nitrogens with zero attached hydrogens (tertiary/aromatic N) is 3. The van der Waals surface area contributed by atoms with Crippen LogP contribution in [0.5, 0.6) is 5.75 Å². The fourth-order valence-electron chi connectivity index (χ4n) is 2.36. The SMILES string of the molecule is COc1ccc(-c2cc(CNC(=O)Cn3nc(C)cc3N)no2)cc1. The average molecular weight is 341 g/mol. The second-order valence-corrected chi connectivity index (χ2v) is 5.56. The first-order chi connectivity index (χ1) is 12.0. The number of benzene rings is 1. The predicted molar refractivity (Wildman–Crippen MR) is 91.7 cm³/mol. The van der Waals surface area contributed by atoms with Gasteiger partial charge in [-0.15, -0.1) is 0 Å². The van der Waals surface area contributed by atoms with Crippen LogP contribution in [0.4, 0.5) is 5.82 Å². The highest BCUT2D eigenvalue weighted by molar-refractivity contribution is 5.76. The molecule has 0 saturated heterocycles. The molecule has 8 heteroatoms. The maximum atomic E-state index is 12.0. The van der Waals surface area contributed by atoms with Gasteiger partial charge in [-0.3, -0.25) is 4.79 Å². The van der Waals surface area contributed by atoms with Crippen LogP contribution in [0.2, 0.25) is 0 Å². The molecule has 3 N–H and O–H groups in total. The lowest BCUT2D eigenvalue weighted by molar-refractivity contribution is -0.122. The lowest BCUT2D eigenvalue weighted by atomic mass is 10.1. The number of aromatic nitrogens is 3. The van der Waals surface area contributed by atoms with Crippen LogP contribution in [-0.2, 0) is 17.9 Å². The minimum absolute atomic E-state index is 0.0584. The van der Waals surface area contributed by atoms with E-state index in [0.29, 0.717) is 17.3 Å². The first-order valence-electron chi connectivity index (χ1n) is 7.72. The van der Waals surface area contributed by atoms with Gasteiger partial charge in [0.25, 0.3) is 0 Å². The Labute approximate surface area is 144 Å². The highest BCUT2D eigenvalue weighted by atomic mass is 16.5. The van der Waals surface area contributed by atoms with Crippen molar-refractivity contribution in [1.82, 2.24) is 20.3 Å². The van der Waals surface area contributed by atoms with E-state index in [-0.39, 0.29) is 19.0 Å². The Morgan fingerprint density at radius 3 is 2.72 bits per heavy atom. The molecule has 3 aromatic rings. The number of rotatable bonds is 6. The highest BCUT2D eigenvalue weighted by Gasteiger charge is 2.10. The third-order valence-corrected chi connectivity index (χ3v) is 3.63. The summed E-state index contributed by atoms with van der Waals surface area (Å²) in [5.41, 5.74) is 8.05. The Kier molecular flexibility index (Phi) is 4.69. The van der Waals surface area contributed by atoms with E-state index in [1.54, 1.807) is 19.2 Å². The van der Waals surface area contributed by atoms with Gasteiger partial charge in [-0.25, -0.2) is 4.68 Å². The lowest BCUT2D eigenvalue weighted by Gasteiger charge is -2.04. The Balaban J connectivity index is 1.57. The van der Waals surface area contributed by atoms with Crippen LogP contribution in [-0.4, -0.2) is 28.0 Å². The maximum absolute atomic E-state index is 12.0. The lowest BCUT2D eigenvalue weighted by Crippen LogP contribution is -2.28. The summed E-state index contributed by atoms with van der Waals surface area (Å²) in [6.45, 7) is 2.14. The number of amides is 1. The van der Waals surface area contributed by atoms with E-state index in [0.717, 1.165) is 17.0 Å². The topological polar surface area (TPSA) is 108 Å². The van der Waals surface area contributed by atoms with Crippen molar-refractivity contribution in [2.75, 3.05) is 12.8 Å². The van der Waals surface area contributed by atoms with Gasteiger partial charge in [-0.2, -0.15) is 5.10 Å². The van der Waals surface area contributed by atoms with E-state index >= 15 is 0 Å². The molecule has 25 heavy (non-hydrogen) atoms. The molecule has 0 bridgehead atoms. The van der Waals surface area contributed by atoms with Crippen LogP contribution < -0.4 is 15.8 Å². The number of nitrogens with one attached hydrogen (secondary N) is 1. The normalized spacial score (nSPS) is 10.6. The van der Waals surface area contributed by atoms with Crippen molar-refractivity contribution in [2.24, 2.45) is 0 Å². The summed E-state index contributed by atoms with van der Waals surface area (Å²) in [5.74, 6) is 1.64. The summed E-state index contributed by atoms with van der Waals surface area (Å²) in [7, 11) is 1.61. The van der Waals surface area contributed by atoms with Crippen molar-refractivity contribution in [3.63, 3.8) is 0 Å². The number of nitrogen functional groups attached to an aromatic ring is 1. The summed E-state index contributed by atoms with van der Waals surface area (Å²) in [4.78, 5) is 12.0. The third-order valence-electron chi connectivity index (χ3n) is 3.63. The van der Waals surface area contributed by atoms with Crippen LogP contribution in [0.25, 0.3) is 11.3 Å². The summed E-state index contributed by atoms with van der Waals surface area (Å²) < 4.78 is 11.9. The first-order valence-corrected chi connectivity index (χ1v) is 7.72.